The minimum atomic E-state index is -1.01. The van der Waals surface area contributed by atoms with Gasteiger partial charge in [0.05, 0.1) is 65.8 Å². The highest BCUT2D eigenvalue weighted by atomic mass is 32.1. The van der Waals surface area contributed by atoms with Gasteiger partial charge in [0.1, 0.15) is 62.7 Å². The number of nitriles is 1. The van der Waals surface area contributed by atoms with Gasteiger partial charge in [-0.1, -0.05) is 77.9 Å². The molecule has 0 saturated carbocycles. The molecule has 706 valence electrons. The molecule has 19 rings (SSSR count). The molecule has 4 saturated heterocycles. The van der Waals surface area contributed by atoms with E-state index in [9.17, 15) is 55.9 Å². The number of imidazole rings is 4. The lowest BCUT2D eigenvalue weighted by Crippen LogP contribution is -2.63. The summed E-state index contributed by atoms with van der Waals surface area (Å²) in [5, 5.41) is 36.9. The van der Waals surface area contributed by atoms with Gasteiger partial charge in [0, 0.05) is 128 Å². The summed E-state index contributed by atoms with van der Waals surface area (Å²) in [6, 6.07) is 49.5. The number of piperazine rings is 3. The van der Waals surface area contributed by atoms with Crippen molar-refractivity contribution in [2.45, 2.75) is 149 Å². The Hall–Kier alpha value is -15.6. The van der Waals surface area contributed by atoms with E-state index >= 15 is 0 Å². The zero-order valence-electron chi connectivity index (χ0n) is 78.7. The van der Waals surface area contributed by atoms with Gasteiger partial charge in [-0.15, -0.1) is 0 Å². The number of nitrogens with zero attached hydrogens (tertiary/aromatic N) is 20. The molecule has 10 aromatic heterocycles. The largest absolute Gasteiger partial charge is 0.352 e. The van der Waals surface area contributed by atoms with Crippen LogP contribution < -0.4 is 10.6 Å². The number of benzene rings is 5. The first kappa shape index (κ1) is 95.6. The van der Waals surface area contributed by atoms with E-state index in [1.165, 1.54) is 53.4 Å². The highest BCUT2D eigenvalue weighted by molar-refractivity contribution is 7.08. The quantitative estimate of drug-likeness (QED) is 0.0955. The number of hydrogen-bond acceptors (Lipinski definition) is 19. The van der Waals surface area contributed by atoms with E-state index in [4.69, 9.17) is 15.2 Å². The highest BCUT2D eigenvalue weighted by Gasteiger charge is 2.50. The monoisotopic (exact) mass is 1880 g/mol. The molecule has 2 N–H and O–H groups in total. The van der Waals surface area contributed by atoms with E-state index < -0.39 is 22.2 Å². The Bertz CT molecular complexity index is 7250. The van der Waals surface area contributed by atoms with E-state index in [1.807, 2.05) is 103 Å². The minimum Gasteiger partial charge on any atom is -0.352 e. The number of halogens is 4. The summed E-state index contributed by atoms with van der Waals surface area (Å²) in [7, 11) is 0. The van der Waals surface area contributed by atoms with Crippen molar-refractivity contribution in [1.82, 2.24) is 103 Å². The fourth-order valence-corrected chi connectivity index (χ4v) is 17.8. The van der Waals surface area contributed by atoms with Crippen LogP contribution in [-0.4, -0.2) is 215 Å². The second-order valence-corrected chi connectivity index (χ2v) is 39.1. The van der Waals surface area contributed by atoms with Crippen LogP contribution in [0.5, 0.6) is 0 Å². The molecule has 138 heavy (non-hydrogen) atoms. The summed E-state index contributed by atoms with van der Waals surface area (Å²) in [6.07, 6.45) is 10.1. The second kappa shape index (κ2) is 37.9. The van der Waals surface area contributed by atoms with E-state index in [2.05, 4.69) is 87.5 Å². The zero-order valence-corrected chi connectivity index (χ0v) is 79.5. The second-order valence-electron chi connectivity index (χ2n) is 38.3. The van der Waals surface area contributed by atoms with Crippen LogP contribution in [0.1, 0.15) is 168 Å². The Morgan fingerprint density at radius 3 is 1.24 bits per heavy atom. The number of carbonyl (C=O) groups excluding carboxylic acids is 8. The van der Waals surface area contributed by atoms with Crippen LogP contribution in [-0.2, 0) is 36.6 Å². The van der Waals surface area contributed by atoms with Gasteiger partial charge in [0.15, 0.2) is 22.6 Å². The molecule has 4 fully saturated rings. The van der Waals surface area contributed by atoms with Gasteiger partial charge in [-0.2, -0.15) is 37.0 Å². The molecule has 5 aromatic carbocycles. The average Bonchev–Trinajstić information content (AvgIpc) is 1.60. The number of thiophene rings is 1. The maximum atomic E-state index is 13.7. The molecule has 35 heteroatoms. The van der Waals surface area contributed by atoms with Gasteiger partial charge in [-0.3, -0.25) is 43.3 Å². The normalized spacial score (nSPS) is 15.6. The maximum absolute atomic E-state index is 13.7. The summed E-state index contributed by atoms with van der Waals surface area (Å²) < 4.78 is 60.2. The molecular weight excluding hydrogens is 1780 g/mol. The van der Waals surface area contributed by atoms with Crippen LogP contribution in [0.3, 0.4) is 0 Å². The third-order valence-electron chi connectivity index (χ3n) is 25.0. The standard InChI is InChI=1S/C29H30FN5O2.C27H31FN6O2.C24H21FN6O2.C23H20FN5O2S/c1-28(2,3)22-15-23(20-11-13-21(30)14-12-20)32-35-17-24(31-25(22)35)26(36)34-18-33(27(37)29(34,4)5)16-19-9-7-6-8-10-19;1-26(2,3)20-15-21(18-8-10-19(28)11-9-18)31-34-16-22(30-24(20)34)25(36)33-14-13-32(17-27(33,4)5)23(35)7-6-12-29;1-24(2)23(33)27-10-11-30(24)22(32)20-14-31-21(28-20)18(16-4-3-9-26-13-16)12-19(29-31)15-5-7-17(25)8-6-15;1-23(2)22(31)25-8-9-28(23)21(30)19-12-29-20(26-19)17(15-7-10-32-13-15)11-18(27-29)14-3-5-16(24)6-4-14/h6-15,17H,16,18H2,1-5H3;8-11,15-16H,6-7,13-14,17H2,1-5H3;3-9,12-14H,10-11H2,1-2H3,(H,27,33);3-7,10-13H,8-9H2,1-2H3,(H,25,31). The number of nitrogens with one attached hydrogen (secondary N) is 2. The third-order valence-corrected chi connectivity index (χ3v) is 25.6. The Kier molecular flexibility index (Phi) is 26.3. The number of aromatic nitrogens is 13. The van der Waals surface area contributed by atoms with Crippen molar-refractivity contribution in [1.29, 1.82) is 5.26 Å². The summed E-state index contributed by atoms with van der Waals surface area (Å²) in [5.41, 5.74) is 10.6. The molecule has 30 nitrogen and oxygen atoms in total. The fraction of sp³-hybridized carbons (Fsp3) is 0.301. The van der Waals surface area contributed by atoms with E-state index in [-0.39, 0.29) is 124 Å². The Morgan fingerprint density at radius 2 is 0.848 bits per heavy atom. The first-order valence-corrected chi connectivity index (χ1v) is 45.9. The highest BCUT2D eigenvalue weighted by Crippen LogP contribution is 2.39. The predicted octanol–water partition coefficient (Wildman–Crippen LogP) is 15.8. The van der Waals surface area contributed by atoms with Crippen LogP contribution in [0, 0.1) is 34.6 Å². The molecule has 15 aromatic rings. The van der Waals surface area contributed by atoms with Gasteiger partial charge in [-0.05, 0) is 222 Å². The van der Waals surface area contributed by atoms with Crippen molar-refractivity contribution in [3.05, 3.63) is 281 Å². The maximum Gasteiger partial charge on any atom is 0.276 e. The van der Waals surface area contributed by atoms with Gasteiger partial charge < -0.3 is 40.0 Å². The first-order chi connectivity index (χ1) is 65.5. The van der Waals surface area contributed by atoms with Crippen LogP contribution in [0.15, 0.2) is 218 Å². The third kappa shape index (κ3) is 19.7. The van der Waals surface area contributed by atoms with Gasteiger partial charge in [0.25, 0.3) is 23.6 Å². The van der Waals surface area contributed by atoms with Crippen LogP contribution >= 0.6 is 11.3 Å². The molecule has 0 radical (unpaired) electrons. The van der Waals surface area contributed by atoms with Gasteiger partial charge in [-0.25, -0.2) is 55.6 Å². The number of amides is 8. The number of carbonyl (C=O) groups is 8. The van der Waals surface area contributed by atoms with E-state index in [0.717, 1.165) is 61.2 Å². The van der Waals surface area contributed by atoms with Crippen LogP contribution in [0.25, 0.3) is 89.9 Å². The summed E-state index contributed by atoms with van der Waals surface area (Å²) in [4.78, 5) is 137. The minimum absolute atomic E-state index is 0.0724. The topological polar surface area (TPSA) is 337 Å². The number of rotatable bonds is 14. The molecule has 14 heterocycles. The van der Waals surface area contributed by atoms with Crippen molar-refractivity contribution in [2.24, 2.45) is 0 Å². The molecule has 4 aliphatic heterocycles. The van der Waals surface area contributed by atoms with Crippen molar-refractivity contribution in [3.63, 3.8) is 0 Å². The lowest BCUT2D eigenvalue weighted by Gasteiger charge is -2.46. The molecular formula is C103H102F4N22O8S. The number of pyridine rings is 1. The first-order valence-electron chi connectivity index (χ1n) is 45.0. The van der Waals surface area contributed by atoms with Crippen LogP contribution in [0.4, 0.5) is 17.6 Å². The van der Waals surface area contributed by atoms with E-state index in [1.54, 1.807) is 181 Å². The Balaban J connectivity index is 0.000000133. The molecule has 0 aliphatic carbocycles. The fourth-order valence-electron chi connectivity index (χ4n) is 17.1. The SMILES string of the molecule is CC(C)(C)c1cc(-c2ccc(F)cc2)nn2cc(C(=O)N3CCN(C(=O)CCC#N)CC3(C)C)nc12.CC(C)(C)c1cc(-c2ccc(F)cc2)nn2cc(C(=O)N3CN(Cc4ccccc4)C(=O)C3(C)C)nc12.CC1(C)C(=O)NCCN1C(=O)c1cn2nc(-c3ccc(F)cc3)cc(-c3cccnc3)c2n1.CC1(C)C(=O)NCCN1C(=O)c1cn2nc(-c3ccc(F)cc3)cc(-c3ccsc3)c2n1. The van der Waals surface area contributed by atoms with Crippen molar-refractivity contribution >= 4 is 81.2 Å². The summed E-state index contributed by atoms with van der Waals surface area (Å²) in [5.74, 6) is -3.11. The molecule has 0 atom stereocenters. The van der Waals surface area contributed by atoms with Crippen LogP contribution in [0.2, 0.25) is 0 Å². The summed E-state index contributed by atoms with van der Waals surface area (Å²) >= 11 is 1.56. The van der Waals surface area contributed by atoms with Gasteiger partial charge >= 0.3 is 0 Å². The number of fused-ring (bicyclic) bond motifs is 4. The molecule has 8 amide bonds. The molecule has 4 aliphatic rings. The van der Waals surface area contributed by atoms with E-state index in [0.29, 0.717) is 97.7 Å². The Labute approximate surface area is 797 Å². The zero-order chi connectivity index (χ0) is 98.4. The lowest BCUT2D eigenvalue weighted by atomic mass is 9.87. The number of hydrogen-bond donors (Lipinski definition) is 2. The van der Waals surface area contributed by atoms with Crippen molar-refractivity contribution in [2.75, 3.05) is 52.5 Å². The van der Waals surface area contributed by atoms with Gasteiger partial charge in [0.2, 0.25) is 23.6 Å². The molecule has 0 spiro atoms. The molecule has 0 bridgehead atoms. The summed E-state index contributed by atoms with van der Waals surface area (Å²) in [6.45, 7) is 30.0. The van der Waals surface area contributed by atoms with Crippen molar-refractivity contribution < 1.29 is 55.9 Å². The average molecular weight is 1880 g/mol. The predicted molar refractivity (Wildman–Crippen MR) is 512 cm³/mol. The van der Waals surface area contributed by atoms with Crippen molar-refractivity contribution in [3.8, 4) is 73.4 Å². The lowest BCUT2D eigenvalue weighted by molar-refractivity contribution is -0.135. The molecule has 0 unspecified atom stereocenters. The smallest absolute Gasteiger partial charge is 0.276 e. The Morgan fingerprint density at radius 1 is 0.449 bits per heavy atom.